The van der Waals surface area contributed by atoms with Gasteiger partial charge in [0.05, 0.1) is 12.2 Å². The van der Waals surface area contributed by atoms with Gasteiger partial charge in [-0.15, -0.1) is 0 Å². The van der Waals surface area contributed by atoms with Gasteiger partial charge in [0.25, 0.3) is 0 Å². The zero-order valence-electron chi connectivity index (χ0n) is 24.8. The summed E-state index contributed by atoms with van der Waals surface area (Å²) in [6.07, 6.45) is 21.0. The summed E-state index contributed by atoms with van der Waals surface area (Å²) < 4.78 is 10.7. The molecular weight excluding hydrogens is 484 g/mol. The van der Waals surface area contributed by atoms with Crippen LogP contribution in [0.5, 0.6) is 0 Å². The van der Waals surface area contributed by atoms with Gasteiger partial charge < -0.3 is 9.47 Å². The van der Waals surface area contributed by atoms with Crippen LogP contribution in [-0.2, 0) is 14.3 Å². The zero-order valence-corrected chi connectivity index (χ0v) is 24.8. The van der Waals surface area contributed by atoms with Crippen molar-refractivity contribution in [3.8, 4) is 11.1 Å². The maximum absolute atomic E-state index is 12.4. The van der Waals surface area contributed by atoms with Crippen LogP contribution in [0.15, 0.2) is 48.5 Å². The molecule has 0 heterocycles. The molecule has 0 spiro atoms. The Hall–Kier alpha value is -2.62. The molecule has 2 rings (SSSR count). The Bertz CT molecular complexity index is 917. The molecule has 39 heavy (non-hydrogen) atoms. The summed E-state index contributed by atoms with van der Waals surface area (Å²) in [7, 11) is 0. The topological polar surface area (TPSA) is 52.6 Å². The molecule has 0 bridgehead atoms. The smallest absolute Gasteiger partial charge is 0.338 e. The van der Waals surface area contributed by atoms with Gasteiger partial charge in [0.15, 0.2) is 0 Å². The number of hydrogen-bond acceptors (Lipinski definition) is 4. The summed E-state index contributed by atoms with van der Waals surface area (Å²) >= 11 is 0. The number of rotatable bonds is 21. The highest BCUT2D eigenvalue weighted by atomic mass is 16.5. The third-order valence-corrected chi connectivity index (χ3v) is 7.41. The van der Waals surface area contributed by atoms with Crippen molar-refractivity contribution in [3.05, 3.63) is 59.7 Å². The lowest BCUT2D eigenvalue weighted by molar-refractivity contribution is -0.145. The molecule has 4 heteroatoms. The highest BCUT2D eigenvalue weighted by Gasteiger charge is 2.10. The molecule has 0 N–H and O–H groups in total. The lowest BCUT2D eigenvalue weighted by atomic mass is 10.0. The van der Waals surface area contributed by atoms with Gasteiger partial charge in [-0.1, -0.05) is 140 Å². The first-order valence-electron chi connectivity index (χ1n) is 15.6. The first-order chi connectivity index (χ1) is 19.0. The van der Waals surface area contributed by atoms with Crippen LogP contribution in [0.25, 0.3) is 11.1 Å². The average molecular weight is 537 g/mol. The van der Waals surface area contributed by atoms with Crippen molar-refractivity contribution in [1.82, 2.24) is 0 Å². The van der Waals surface area contributed by atoms with Crippen molar-refractivity contribution in [2.24, 2.45) is 0 Å². The third kappa shape index (κ3) is 14.4. The third-order valence-electron chi connectivity index (χ3n) is 7.41. The molecule has 4 nitrogen and oxygen atoms in total. The molecule has 1 atom stereocenters. The van der Waals surface area contributed by atoms with Crippen molar-refractivity contribution < 1.29 is 19.1 Å². The van der Waals surface area contributed by atoms with Gasteiger partial charge >= 0.3 is 11.9 Å². The SMILES string of the molecule is CCCCCCCCCCCCCCCCCCOC(=O)c1ccc(-c2ccc(C(C)OC(C)=O)cc2)cc1. The van der Waals surface area contributed by atoms with E-state index in [2.05, 4.69) is 6.92 Å². The maximum Gasteiger partial charge on any atom is 0.338 e. The van der Waals surface area contributed by atoms with Gasteiger partial charge in [0, 0.05) is 6.92 Å². The van der Waals surface area contributed by atoms with E-state index < -0.39 is 0 Å². The second-order valence-electron chi connectivity index (χ2n) is 10.9. The highest BCUT2D eigenvalue weighted by Crippen LogP contribution is 2.24. The Morgan fingerprint density at radius 1 is 0.615 bits per heavy atom. The molecular formula is C35H52O4. The molecule has 0 saturated carbocycles. The van der Waals surface area contributed by atoms with Crippen LogP contribution in [0.2, 0.25) is 0 Å². The van der Waals surface area contributed by atoms with Crippen LogP contribution in [0.3, 0.4) is 0 Å². The molecule has 1 unspecified atom stereocenters. The van der Waals surface area contributed by atoms with E-state index in [1.807, 2.05) is 55.5 Å². The molecule has 216 valence electrons. The van der Waals surface area contributed by atoms with Gasteiger partial charge in [-0.25, -0.2) is 4.79 Å². The van der Waals surface area contributed by atoms with Crippen LogP contribution >= 0.6 is 0 Å². The van der Waals surface area contributed by atoms with Gasteiger partial charge in [-0.2, -0.15) is 0 Å². The van der Waals surface area contributed by atoms with Crippen LogP contribution < -0.4 is 0 Å². The van der Waals surface area contributed by atoms with Gasteiger partial charge in [-0.05, 0) is 42.2 Å². The number of hydrogen-bond donors (Lipinski definition) is 0. The van der Waals surface area contributed by atoms with Gasteiger partial charge in [0.2, 0.25) is 0 Å². The fraction of sp³-hybridized carbons (Fsp3) is 0.600. The van der Waals surface area contributed by atoms with Gasteiger partial charge in [0.1, 0.15) is 6.10 Å². The molecule has 0 aliphatic carbocycles. The fourth-order valence-corrected chi connectivity index (χ4v) is 4.96. The number of benzene rings is 2. The van der Waals surface area contributed by atoms with Crippen molar-refractivity contribution >= 4 is 11.9 Å². The first kappa shape index (κ1) is 32.6. The van der Waals surface area contributed by atoms with Crippen molar-refractivity contribution in [2.75, 3.05) is 6.61 Å². The van der Waals surface area contributed by atoms with Crippen LogP contribution in [0.1, 0.15) is 146 Å². The Balaban J connectivity index is 1.50. The summed E-state index contributed by atoms with van der Waals surface area (Å²) in [6, 6.07) is 15.4. The Labute approximate surface area is 237 Å². The van der Waals surface area contributed by atoms with E-state index in [-0.39, 0.29) is 18.0 Å². The molecule has 0 aliphatic rings. The minimum absolute atomic E-state index is 0.256. The van der Waals surface area contributed by atoms with Crippen molar-refractivity contribution in [3.63, 3.8) is 0 Å². The normalized spacial score (nSPS) is 11.8. The molecule has 0 amide bonds. The fourth-order valence-electron chi connectivity index (χ4n) is 4.96. The summed E-state index contributed by atoms with van der Waals surface area (Å²) in [5, 5.41) is 0. The van der Waals surface area contributed by atoms with E-state index in [0.29, 0.717) is 12.2 Å². The summed E-state index contributed by atoms with van der Waals surface area (Å²) in [4.78, 5) is 23.6. The molecule has 0 radical (unpaired) electrons. The Morgan fingerprint density at radius 2 is 1.03 bits per heavy atom. The number of carbonyl (C=O) groups excluding carboxylic acids is 2. The summed E-state index contributed by atoms with van der Waals surface area (Å²) in [5.74, 6) is -0.545. The quantitative estimate of drug-likeness (QED) is 0.118. The minimum Gasteiger partial charge on any atom is -0.462 e. The molecule has 2 aromatic rings. The first-order valence-corrected chi connectivity index (χ1v) is 15.6. The maximum atomic E-state index is 12.4. The van der Waals surface area contributed by atoms with E-state index in [1.54, 1.807) is 0 Å². The molecule has 0 aliphatic heterocycles. The molecule has 0 saturated heterocycles. The lowest BCUT2D eigenvalue weighted by Gasteiger charge is -2.12. The van der Waals surface area contributed by atoms with Crippen LogP contribution in [0, 0.1) is 0 Å². The largest absolute Gasteiger partial charge is 0.462 e. The number of esters is 2. The average Bonchev–Trinajstić information content (AvgIpc) is 2.94. The highest BCUT2D eigenvalue weighted by molar-refractivity contribution is 5.90. The van der Waals surface area contributed by atoms with Crippen LogP contribution in [-0.4, -0.2) is 18.5 Å². The second-order valence-corrected chi connectivity index (χ2v) is 10.9. The van der Waals surface area contributed by atoms with E-state index in [1.165, 1.54) is 96.8 Å². The van der Waals surface area contributed by atoms with Crippen LogP contribution in [0.4, 0.5) is 0 Å². The lowest BCUT2D eigenvalue weighted by Crippen LogP contribution is -2.06. The Kier molecular flexibility index (Phi) is 17.0. The number of carbonyl (C=O) groups is 2. The standard InChI is InChI=1S/C35H52O4/c1-4-5-6-7-8-9-10-11-12-13-14-15-16-17-18-19-28-38-35(37)34-26-24-33(25-27-34)32-22-20-31(21-23-32)29(2)39-30(3)36/h20-27,29H,4-19,28H2,1-3H3. The van der Waals surface area contributed by atoms with Crippen molar-refractivity contribution in [1.29, 1.82) is 0 Å². The van der Waals surface area contributed by atoms with E-state index in [0.717, 1.165) is 29.5 Å². The predicted octanol–water partition coefficient (Wildman–Crippen LogP) is 10.4. The minimum atomic E-state index is -0.288. The zero-order chi connectivity index (χ0) is 28.1. The van der Waals surface area contributed by atoms with Gasteiger partial charge in [-0.3, -0.25) is 4.79 Å². The molecule has 2 aromatic carbocycles. The monoisotopic (exact) mass is 536 g/mol. The number of unbranched alkanes of at least 4 members (excludes halogenated alkanes) is 15. The van der Waals surface area contributed by atoms with Crippen molar-refractivity contribution in [2.45, 2.75) is 130 Å². The summed E-state index contributed by atoms with van der Waals surface area (Å²) in [5.41, 5.74) is 3.59. The molecule has 0 fully saturated rings. The molecule has 0 aromatic heterocycles. The second kappa shape index (κ2) is 20.3. The Morgan fingerprint density at radius 3 is 1.46 bits per heavy atom. The predicted molar refractivity (Wildman–Crippen MR) is 162 cm³/mol. The van der Waals surface area contributed by atoms with E-state index >= 15 is 0 Å². The summed E-state index contributed by atoms with van der Waals surface area (Å²) in [6.45, 7) is 6.04. The number of ether oxygens (including phenoxy) is 2. The van der Waals surface area contributed by atoms with E-state index in [9.17, 15) is 9.59 Å². The van der Waals surface area contributed by atoms with E-state index in [4.69, 9.17) is 9.47 Å².